The SMILES string of the molecule is CCn1c(-c2ccc(C)cc2C)ccc(C(C)(C)N)c1=O. The van der Waals surface area contributed by atoms with E-state index in [2.05, 4.69) is 32.0 Å². The highest BCUT2D eigenvalue weighted by atomic mass is 16.1. The molecular formula is C18H24N2O. The second kappa shape index (κ2) is 5.49. The van der Waals surface area contributed by atoms with Gasteiger partial charge >= 0.3 is 0 Å². The number of aromatic nitrogens is 1. The molecule has 0 bridgehead atoms. The molecule has 1 aromatic carbocycles. The number of pyridine rings is 1. The van der Waals surface area contributed by atoms with Gasteiger partial charge in [0.2, 0.25) is 0 Å². The van der Waals surface area contributed by atoms with Crippen LogP contribution in [0.5, 0.6) is 0 Å². The number of rotatable bonds is 3. The van der Waals surface area contributed by atoms with Crippen molar-refractivity contribution in [3.63, 3.8) is 0 Å². The highest BCUT2D eigenvalue weighted by molar-refractivity contribution is 5.64. The van der Waals surface area contributed by atoms with Crippen molar-refractivity contribution in [2.45, 2.75) is 46.7 Å². The van der Waals surface area contributed by atoms with Crippen molar-refractivity contribution < 1.29 is 0 Å². The largest absolute Gasteiger partial charge is 0.322 e. The molecule has 0 saturated heterocycles. The van der Waals surface area contributed by atoms with Gasteiger partial charge in [-0.1, -0.05) is 23.8 Å². The van der Waals surface area contributed by atoms with Gasteiger partial charge in [-0.15, -0.1) is 0 Å². The van der Waals surface area contributed by atoms with E-state index in [9.17, 15) is 4.79 Å². The van der Waals surface area contributed by atoms with Gasteiger partial charge in [0.05, 0.1) is 5.69 Å². The van der Waals surface area contributed by atoms with Gasteiger partial charge in [0.15, 0.2) is 0 Å². The lowest BCUT2D eigenvalue weighted by molar-refractivity contribution is 0.536. The summed E-state index contributed by atoms with van der Waals surface area (Å²) in [5.74, 6) is 0. The molecule has 3 heteroatoms. The van der Waals surface area contributed by atoms with Crippen molar-refractivity contribution >= 4 is 0 Å². The van der Waals surface area contributed by atoms with Crippen LogP contribution in [0.1, 0.15) is 37.5 Å². The van der Waals surface area contributed by atoms with Crippen LogP contribution < -0.4 is 11.3 Å². The zero-order valence-electron chi connectivity index (χ0n) is 13.5. The molecule has 21 heavy (non-hydrogen) atoms. The third-order valence-corrected chi connectivity index (χ3v) is 3.84. The summed E-state index contributed by atoms with van der Waals surface area (Å²) >= 11 is 0. The van der Waals surface area contributed by atoms with Gasteiger partial charge in [0.25, 0.3) is 5.56 Å². The number of benzene rings is 1. The summed E-state index contributed by atoms with van der Waals surface area (Å²) in [6, 6.07) is 10.2. The molecule has 2 N–H and O–H groups in total. The Morgan fingerprint density at radius 3 is 2.33 bits per heavy atom. The van der Waals surface area contributed by atoms with E-state index in [4.69, 9.17) is 5.73 Å². The Balaban J connectivity index is 2.71. The van der Waals surface area contributed by atoms with Crippen molar-refractivity contribution in [1.29, 1.82) is 0 Å². The quantitative estimate of drug-likeness (QED) is 0.939. The third kappa shape index (κ3) is 2.93. The Hall–Kier alpha value is -1.87. The molecule has 0 radical (unpaired) electrons. The first-order valence-corrected chi connectivity index (χ1v) is 7.36. The minimum Gasteiger partial charge on any atom is -0.322 e. The standard InChI is InChI=1S/C18H24N2O/c1-6-20-16(14-8-7-12(2)11-13(14)3)10-9-15(17(20)21)18(4,5)19/h7-11H,6,19H2,1-5H3. The van der Waals surface area contributed by atoms with Crippen LogP contribution in [0.25, 0.3) is 11.3 Å². The van der Waals surface area contributed by atoms with E-state index in [1.165, 1.54) is 11.1 Å². The summed E-state index contributed by atoms with van der Waals surface area (Å²) in [5.41, 5.74) is 10.6. The molecule has 2 rings (SSSR count). The van der Waals surface area contributed by atoms with E-state index >= 15 is 0 Å². The molecule has 0 saturated carbocycles. The zero-order chi connectivity index (χ0) is 15.8. The maximum atomic E-state index is 12.7. The molecule has 2 aromatic rings. The molecule has 0 unspecified atom stereocenters. The molecular weight excluding hydrogens is 260 g/mol. The van der Waals surface area contributed by atoms with Crippen molar-refractivity contribution in [2.24, 2.45) is 5.73 Å². The summed E-state index contributed by atoms with van der Waals surface area (Å²) in [6.07, 6.45) is 0. The Kier molecular flexibility index (Phi) is 4.06. The summed E-state index contributed by atoms with van der Waals surface area (Å²) < 4.78 is 1.81. The van der Waals surface area contributed by atoms with Crippen molar-refractivity contribution in [3.05, 3.63) is 57.4 Å². The molecule has 3 nitrogen and oxygen atoms in total. The summed E-state index contributed by atoms with van der Waals surface area (Å²) in [4.78, 5) is 12.7. The van der Waals surface area contributed by atoms with Crippen LogP contribution in [0.3, 0.4) is 0 Å². The predicted molar refractivity (Wildman–Crippen MR) is 88.5 cm³/mol. The fraction of sp³-hybridized carbons (Fsp3) is 0.389. The monoisotopic (exact) mass is 284 g/mol. The molecule has 0 aliphatic carbocycles. The van der Waals surface area contributed by atoms with Gasteiger partial charge in [-0.05, 0) is 52.3 Å². The minimum atomic E-state index is -0.630. The molecule has 1 aromatic heterocycles. The molecule has 0 atom stereocenters. The first kappa shape index (κ1) is 15.5. The predicted octanol–water partition coefficient (Wildman–Crippen LogP) is 3.35. The Morgan fingerprint density at radius 1 is 1.14 bits per heavy atom. The number of hydrogen-bond acceptors (Lipinski definition) is 2. The smallest absolute Gasteiger partial charge is 0.256 e. The normalized spacial score (nSPS) is 11.7. The number of nitrogens with zero attached hydrogens (tertiary/aromatic N) is 1. The molecule has 0 aliphatic rings. The van der Waals surface area contributed by atoms with Crippen LogP contribution in [-0.2, 0) is 12.1 Å². The lowest BCUT2D eigenvalue weighted by Gasteiger charge is -2.22. The Labute approximate surface area is 126 Å². The van der Waals surface area contributed by atoms with E-state index in [-0.39, 0.29) is 5.56 Å². The van der Waals surface area contributed by atoms with Crippen molar-refractivity contribution in [2.75, 3.05) is 0 Å². The van der Waals surface area contributed by atoms with Gasteiger partial charge in [0.1, 0.15) is 0 Å². The molecule has 0 fully saturated rings. The van der Waals surface area contributed by atoms with Gasteiger partial charge in [0, 0.05) is 23.2 Å². The third-order valence-electron chi connectivity index (χ3n) is 3.84. The molecule has 112 valence electrons. The van der Waals surface area contributed by atoms with E-state index in [1.807, 2.05) is 37.5 Å². The Morgan fingerprint density at radius 2 is 1.81 bits per heavy atom. The maximum Gasteiger partial charge on any atom is 0.256 e. The van der Waals surface area contributed by atoms with Gasteiger partial charge in [-0.25, -0.2) is 0 Å². The fourth-order valence-corrected chi connectivity index (χ4v) is 2.72. The fourth-order valence-electron chi connectivity index (χ4n) is 2.72. The van der Waals surface area contributed by atoms with Crippen molar-refractivity contribution in [3.8, 4) is 11.3 Å². The molecule has 0 spiro atoms. The highest BCUT2D eigenvalue weighted by Gasteiger charge is 2.21. The number of hydrogen-bond donors (Lipinski definition) is 1. The van der Waals surface area contributed by atoms with Crippen LogP contribution in [0.4, 0.5) is 0 Å². The lowest BCUT2D eigenvalue weighted by atomic mass is 9.95. The minimum absolute atomic E-state index is 0.00229. The van der Waals surface area contributed by atoms with Crippen LogP contribution in [0.15, 0.2) is 35.1 Å². The van der Waals surface area contributed by atoms with Crippen LogP contribution in [0, 0.1) is 13.8 Å². The van der Waals surface area contributed by atoms with Gasteiger partial charge < -0.3 is 10.3 Å². The molecule has 0 aliphatic heterocycles. The maximum absolute atomic E-state index is 12.7. The summed E-state index contributed by atoms with van der Waals surface area (Å²) in [7, 11) is 0. The van der Waals surface area contributed by atoms with Gasteiger partial charge in [-0.3, -0.25) is 4.79 Å². The average molecular weight is 284 g/mol. The summed E-state index contributed by atoms with van der Waals surface area (Å²) in [5, 5.41) is 0. The van der Waals surface area contributed by atoms with Crippen LogP contribution in [0.2, 0.25) is 0 Å². The Bertz CT molecular complexity index is 721. The van der Waals surface area contributed by atoms with E-state index < -0.39 is 5.54 Å². The molecule has 0 amide bonds. The zero-order valence-corrected chi connectivity index (χ0v) is 13.5. The number of nitrogens with two attached hydrogens (primary N) is 1. The van der Waals surface area contributed by atoms with Crippen LogP contribution >= 0.6 is 0 Å². The average Bonchev–Trinajstić information content (AvgIpc) is 2.37. The van der Waals surface area contributed by atoms with E-state index in [0.717, 1.165) is 11.3 Å². The van der Waals surface area contributed by atoms with E-state index in [1.54, 1.807) is 0 Å². The van der Waals surface area contributed by atoms with E-state index in [0.29, 0.717) is 12.1 Å². The second-order valence-electron chi connectivity index (χ2n) is 6.22. The first-order chi connectivity index (χ1) is 9.75. The topological polar surface area (TPSA) is 48.0 Å². The van der Waals surface area contributed by atoms with Crippen molar-refractivity contribution in [1.82, 2.24) is 4.57 Å². The second-order valence-corrected chi connectivity index (χ2v) is 6.22. The number of aryl methyl sites for hydroxylation is 2. The first-order valence-electron chi connectivity index (χ1n) is 7.36. The molecule has 1 heterocycles. The van der Waals surface area contributed by atoms with Gasteiger partial charge in [-0.2, -0.15) is 0 Å². The van der Waals surface area contributed by atoms with Crippen LogP contribution in [-0.4, -0.2) is 4.57 Å². The summed E-state index contributed by atoms with van der Waals surface area (Å²) in [6.45, 7) is 10.5. The highest BCUT2D eigenvalue weighted by Crippen LogP contribution is 2.25. The lowest BCUT2D eigenvalue weighted by Crippen LogP contribution is -2.38.